The molecule has 1 aliphatic carbocycles. The molecule has 1 N–H and O–H groups in total. The predicted molar refractivity (Wildman–Crippen MR) is 85.6 cm³/mol. The Labute approximate surface area is 127 Å². The largest absolute Gasteiger partial charge is 0.495 e. The third-order valence-electron chi connectivity index (χ3n) is 4.47. The van der Waals surface area contributed by atoms with Gasteiger partial charge in [0.2, 0.25) is 0 Å². The van der Waals surface area contributed by atoms with Crippen LogP contribution in [0.4, 0.5) is 0 Å². The molecule has 0 heterocycles. The monoisotopic (exact) mass is 295 g/mol. The van der Waals surface area contributed by atoms with Gasteiger partial charge in [0.15, 0.2) is 0 Å². The first-order chi connectivity index (χ1) is 9.76. The number of hydrogen-bond acceptors (Lipinski definition) is 2. The van der Waals surface area contributed by atoms with Crippen LogP contribution in [0.5, 0.6) is 5.75 Å². The minimum Gasteiger partial charge on any atom is -0.495 e. The van der Waals surface area contributed by atoms with Crippen LogP contribution in [-0.2, 0) is 0 Å². The highest BCUT2D eigenvalue weighted by Crippen LogP contribution is 2.35. The van der Waals surface area contributed by atoms with Crippen LogP contribution in [0.2, 0.25) is 5.02 Å². The van der Waals surface area contributed by atoms with Gasteiger partial charge in [-0.15, -0.1) is 0 Å². The van der Waals surface area contributed by atoms with Crippen molar-refractivity contribution in [2.75, 3.05) is 14.2 Å². The molecule has 0 spiro atoms. The summed E-state index contributed by atoms with van der Waals surface area (Å²) in [4.78, 5) is 0. The summed E-state index contributed by atoms with van der Waals surface area (Å²) in [6, 6.07) is 6.56. The van der Waals surface area contributed by atoms with Crippen LogP contribution in [0, 0.1) is 5.92 Å². The Bertz CT molecular complexity index is 413. The Kier molecular flexibility index (Phi) is 6.18. The van der Waals surface area contributed by atoms with E-state index in [1.54, 1.807) is 7.11 Å². The first-order valence-corrected chi connectivity index (χ1v) is 8.14. The summed E-state index contributed by atoms with van der Waals surface area (Å²) in [6.45, 7) is 0. The highest BCUT2D eigenvalue weighted by atomic mass is 35.5. The maximum atomic E-state index is 6.13. The highest BCUT2D eigenvalue weighted by Gasteiger charge is 2.23. The number of benzene rings is 1. The molecule has 3 heteroatoms. The Morgan fingerprint density at radius 1 is 1.15 bits per heavy atom. The van der Waals surface area contributed by atoms with Gasteiger partial charge in [0.1, 0.15) is 5.75 Å². The van der Waals surface area contributed by atoms with Crippen LogP contribution in [0.3, 0.4) is 0 Å². The zero-order chi connectivity index (χ0) is 14.4. The van der Waals surface area contributed by atoms with Gasteiger partial charge < -0.3 is 10.1 Å². The lowest BCUT2D eigenvalue weighted by molar-refractivity contribution is 0.298. The molecular formula is C17H26ClNO. The van der Waals surface area contributed by atoms with E-state index in [9.17, 15) is 0 Å². The summed E-state index contributed by atoms with van der Waals surface area (Å²) in [5, 5.41) is 4.19. The van der Waals surface area contributed by atoms with Crippen molar-refractivity contribution in [3.63, 3.8) is 0 Å². The van der Waals surface area contributed by atoms with E-state index < -0.39 is 0 Å². The first kappa shape index (κ1) is 15.7. The molecule has 1 aliphatic rings. The van der Waals surface area contributed by atoms with Crippen LogP contribution in [0.15, 0.2) is 18.2 Å². The van der Waals surface area contributed by atoms with Crippen molar-refractivity contribution < 1.29 is 4.74 Å². The fourth-order valence-electron chi connectivity index (χ4n) is 3.37. The molecule has 0 radical (unpaired) electrons. The standard InChI is InChI=1S/C17H26ClNO/c1-19-17(13-8-6-4-3-5-7-9-13)14-10-11-15(18)16(12-14)20-2/h10-13,17,19H,3-9H2,1-2H3. The molecule has 0 amide bonds. The van der Waals surface area contributed by atoms with Gasteiger partial charge in [-0.3, -0.25) is 0 Å². The van der Waals surface area contributed by atoms with Crippen molar-refractivity contribution in [2.24, 2.45) is 5.92 Å². The second-order valence-electron chi connectivity index (χ2n) is 5.77. The molecular weight excluding hydrogens is 270 g/mol. The van der Waals surface area contributed by atoms with Crippen molar-refractivity contribution >= 4 is 11.6 Å². The molecule has 0 aromatic heterocycles. The fourth-order valence-corrected chi connectivity index (χ4v) is 3.56. The van der Waals surface area contributed by atoms with Crippen LogP contribution in [-0.4, -0.2) is 14.2 Å². The van der Waals surface area contributed by atoms with E-state index in [1.807, 2.05) is 6.07 Å². The summed E-state index contributed by atoms with van der Waals surface area (Å²) in [5.74, 6) is 1.49. The number of halogens is 1. The van der Waals surface area contributed by atoms with Gasteiger partial charge in [-0.25, -0.2) is 0 Å². The number of ether oxygens (including phenoxy) is 1. The van der Waals surface area contributed by atoms with Crippen LogP contribution >= 0.6 is 11.6 Å². The molecule has 2 nitrogen and oxygen atoms in total. The topological polar surface area (TPSA) is 21.3 Å². The van der Waals surface area contributed by atoms with E-state index in [4.69, 9.17) is 16.3 Å². The normalized spacial score (nSPS) is 19.1. The van der Waals surface area contributed by atoms with Gasteiger partial charge in [-0.1, -0.05) is 49.8 Å². The molecule has 1 aromatic carbocycles. The van der Waals surface area contributed by atoms with E-state index in [2.05, 4.69) is 24.5 Å². The molecule has 1 fully saturated rings. The minimum atomic E-state index is 0.402. The van der Waals surface area contributed by atoms with Gasteiger partial charge in [0, 0.05) is 6.04 Å². The SMILES string of the molecule is CNC(c1ccc(Cl)c(OC)c1)C1CCCCCCC1. The van der Waals surface area contributed by atoms with Gasteiger partial charge >= 0.3 is 0 Å². The Morgan fingerprint density at radius 2 is 1.80 bits per heavy atom. The van der Waals surface area contributed by atoms with Crippen molar-refractivity contribution in [1.82, 2.24) is 5.32 Å². The molecule has 0 saturated heterocycles. The van der Waals surface area contributed by atoms with Gasteiger partial charge in [-0.05, 0) is 43.5 Å². The van der Waals surface area contributed by atoms with Crippen molar-refractivity contribution in [2.45, 2.75) is 51.0 Å². The molecule has 1 aromatic rings. The maximum Gasteiger partial charge on any atom is 0.137 e. The van der Waals surface area contributed by atoms with Crippen LogP contribution < -0.4 is 10.1 Å². The zero-order valence-corrected chi connectivity index (χ0v) is 13.4. The van der Waals surface area contributed by atoms with E-state index in [-0.39, 0.29) is 0 Å². The third kappa shape index (κ3) is 3.89. The lowest BCUT2D eigenvalue weighted by Gasteiger charge is -2.29. The van der Waals surface area contributed by atoms with E-state index in [0.29, 0.717) is 17.0 Å². The molecule has 0 bridgehead atoms. The molecule has 1 unspecified atom stereocenters. The quantitative estimate of drug-likeness (QED) is 0.847. The number of methoxy groups -OCH3 is 1. The summed E-state index contributed by atoms with van der Waals surface area (Å²) in [6.07, 6.45) is 9.52. The third-order valence-corrected chi connectivity index (χ3v) is 4.78. The molecule has 1 atom stereocenters. The Hall–Kier alpha value is -0.730. The number of rotatable bonds is 4. The summed E-state index contributed by atoms with van der Waals surface area (Å²) in [7, 11) is 3.74. The molecule has 0 aliphatic heterocycles. The predicted octanol–water partition coefficient (Wildman–Crippen LogP) is 4.97. The van der Waals surface area contributed by atoms with Crippen LogP contribution in [0.1, 0.15) is 56.6 Å². The average Bonchev–Trinajstić information content (AvgIpc) is 2.43. The molecule has 1 saturated carbocycles. The number of nitrogens with one attached hydrogen (secondary N) is 1. The van der Waals surface area contributed by atoms with Crippen molar-refractivity contribution in [3.8, 4) is 5.75 Å². The fraction of sp³-hybridized carbons (Fsp3) is 0.647. The molecule has 2 rings (SSSR count). The lowest BCUT2D eigenvalue weighted by Crippen LogP contribution is -2.26. The van der Waals surface area contributed by atoms with Gasteiger partial charge in [-0.2, -0.15) is 0 Å². The Morgan fingerprint density at radius 3 is 2.40 bits per heavy atom. The van der Waals surface area contributed by atoms with E-state index >= 15 is 0 Å². The second-order valence-corrected chi connectivity index (χ2v) is 6.17. The summed E-state index contributed by atoms with van der Waals surface area (Å²) in [5.41, 5.74) is 1.29. The summed E-state index contributed by atoms with van der Waals surface area (Å²) >= 11 is 6.13. The smallest absolute Gasteiger partial charge is 0.137 e. The lowest BCUT2D eigenvalue weighted by atomic mass is 9.83. The minimum absolute atomic E-state index is 0.402. The first-order valence-electron chi connectivity index (χ1n) is 7.77. The number of hydrogen-bond donors (Lipinski definition) is 1. The molecule has 112 valence electrons. The van der Waals surface area contributed by atoms with E-state index in [0.717, 1.165) is 5.75 Å². The van der Waals surface area contributed by atoms with Gasteiger partial charge in [0.05, 0.1) is 12.1 Å². The zero-order valence-electron chi connectivity index (χ0n) is 12.6. The van der Waals surface area contributed by atoms with Crippen molar-refractivity contribution in [1.29, 1.82) is 0 Å². The van der Waals surface area contributed by atoms with Gasteiger partial charge in [0.25, 0.3) is 0 Å². The van der Waals surface area contributed by atoms with E-state index in [1.165, 1.54) is 50.5 Å². The Balaban J connectivity index is 2.17. The van der Waals surface area contributed by atoms with Crippen molar-refractivity contribution in [3.05, 3.63) is 28.8 Å². The maximum absolute atomic E-state index is 6.13. The van der Waals surface area contributed by atoms with Crippen LogP contribution in [0.25, 0.3) is 0 Å². The highest BCUT2D eigenvalue weighted by molar-refractivity contribution is 6.32. The second kappa shape index (κ2) is 7.90. The summed E-state index contributed by atoms with van der Waals surface area (Å²) < 4.78 is 5.35. The molecule has 20 heavy (non-hydrogen) atoms. The average molecular weight is 296 g/mol.